The minimum Gasteiger partial charge on any atom is -0.333 e. The van der Waals surface area contributed by atoms with Crippen molar-refractivity contribution in [3.05, 3.63) is 0 Å². The number of nitrogens with zero attached hydrogens (tertiary/aromatic N) is 2. The zero-order valence-electron chi connectivity index (χ0n) is 11.5. The number of hydrogen-bond acceptors (Lipinski definition) is 2. The number of phosphoric ester groups is 1. The van der Waals surface area contributed by atoms with Crippen molar-refractivity contribution in [3.8, 4) is 0 Å². The van der Waals surface area contributed by atoms with E-state index in [0.29, 0.717) is 11.0 Å². The van der Waals surface area contributed by atoms with Gasteiger partial charge in [-0.3, -0.25) is 4.52 Å². The third-order valence-corrected chi connectivity index (χ3v) is 1.54. The Labute approximate surface area is 98.9 Å². The first kappa shape index (κ1) is 18.4. The predicted octanol–water partition coefficient (Wildman–Crippen LogP) is 0.124. The first-order chi connectivity index (χ1) is 6.71. The van der Waals surface area contributed by atoms with Crippen LogP contribution < -0.4 is 0 Å². The first-order valence-electron chi connectivity index (χ1n) is 5.00. The Morgan fingerprint density at radius 2 is 1.31 bits per heavy atom. The van der Waals surface area contributed by atoms with Gasteiger partial charge in [0.2, 0.25) is 0 Å². The lowest BCUT2D eigenvalue weighted by Crippen LogP contribution is -2.37. The topological polar surface area (TPSA) is 66.8 Å². The van der Waals surface area contributed by atoms with E-state index in [1.165, 1.54) is 0 Å². The second-order valence-electron chi connectivity index (χ2n) is 6.02. The van der Waals surface area contributed by atoms with E-state index < -0.39 is 7.82 Å². The maximum absolute atomic E-state index is 10.2. The Kier molecular flexibility index (Phi) is 7.69. The van der Waals surface area contributed by atoms with Crippen molar-refractivity contribution >= 4 is 7.82 Å². The molecule has 100 valence electrons. The van der Waals surface area contributed by atoms with Gasteiger partial charge in [-0.15, -0.1) is 0 Å². The number of hydrogen-bond donors (Lipinski definition) is 2. The van der Waals surface area contributed by atoms with Crippen LogP contribution in [0.3, 0.4) is 0 Å². The molecule has 0 radical (unpaired) electrons. The van der Waals surface area contributed by atoms with Gasteiger partial charge in [-0.25, -0.2) is 4.57 Å². The van der Waals surface area contributed by atoms with Crippen LogP contribution in [0, 0.1) is 0 Å². The van der Waals surface area contributed by atoms with Gasteiger partial charge in [-0.2, -0.15) is 0 Å². The van der Waals surface area contributed by atoms with Crippen LogP contribution in [0.15, 0.2) is 0 Å². The third-order valence-electron chi connectivity index (χ3n) is 1.02. The normalized spacial score (nSPS) is 13.1. The van der Waals surface area contributed by atoms with Crippen LogP contribution in [-0.2, 0) is 9.09 Å². The molecule has 0 atom stereocenters. The lowest BCUT2D eigenvalue weighted by atomic mass is 10.5. The van der Waals surface area contributed by atoms with E-state index in [-0.39, 0.29) is 6.61 Å². The third kappa shape index (κ3) is 36.9. The molecule has 0 saturated carbocycles. The van der Waals surface area contributed by atoms with Gasteiger partial charge in [0.05, 0.1) is 49.3 Å². The molecule has 0 rings (SSSR count). The van der Waals surface area contributed by atoms with Crippen molar-refractivity contribution in [2.45, 2.75) is 0 Å². The highest BCUT2D eigenvalue weighted by Gasteiger charge is 2.15. The smallest absolute Gasteiger partial charge is 0.333 e. The Balaban J connectivity index is 0. The van der Waals surface area contributed by atoms with Crippen molar-refractivity contribution in [3.63, 3.8) is 0 Å². The minimum atomic E-state index is -4.26. The fraction of sp³-hybridized carbons (Fsp3) is 1.00. The molecule has 0 unspecified atom stereocenters. The molecule has 7 heteroatoms. The molecular formula is C9H27N2O4P+2. The predicted molar refractivity (Wildman–Crippen MR) is 64.9 cm³/mol. The van der Waals surface area contributed by atoms with Gasteiger partial charge in [-0.1, -0.05) is 0 Å². The SMILES string of the molecule is C[N+](C)(C)C.C[N+](C)(C)CCOP(=O)(O)O. The summed E-state index contributed by atoms with van der Waals surface area (Å²) in [6, 6.07) is 0. The minimum absolute atomic E-state index is 0.0772. The zero-order chi connectivity index (χ0) is 13.6. The zero-order valence-corrected chi connectivity index (χ0v) is 12.4. The van der Waals surface area contributed by atoms with Gasteiger partial charge in [0.15, 0.2) is 0 Å². The standard InChI is InChI=1S/C5H14NO4P.C4H12N/c1-6(2,3)4-5-10-11(7,8)9;1-5(2,3)4/h4-5H2,1-3H3,(H-,7,8,9);1-4H3/q;+1/p+1. The van der Waals surface area contributed by atoms with E-state index >= 15 is 0 Å². The summed E-state index contributed by atoms with van der Waals surface area (Å²) < 4.78 is 16.1. The fourth-order valence-electron chi connectivity index (χ4n) is 0.434. The van der Waals surface area contributed by atoms with Gasteiger partial charge in [-0.05, 0) is 0 Å². The van der Waals surface area contributed by atoms with Gasteiger partial charge < -0.3 is 18.8 Å². The first-order valence-corrected chi connectivity index (χ1v) is 6.53. The average molecular weight is 258 g/mol. The molecule has 2 N–H and O–H groups in total. The summed E-state index contributed by atoms with van der Waals surface area (Å²) in [5, 5.41) is 0. The van der Waals surface area contributed by atoms with Crippen LogP contribution in [0.2, 0.25) is 0 Å². The summed E-state index contributed by atoms with van der Waals surface area (Å²) >= 11 is 0. The van der Waals surface area contributed by atoms with E-state index in [1.807, 2.05) is 21.1 Å². The van der Waals surface area contributed by atoms with Crippen LogP contribution >= 0.6 is 7.82 Å². The molecular weight excluding hydrogens is 231 g/mol. The van der Waals surface area contributed by atoms with Crippen LogP contribution in [0.4, 0.5) is 0 Å². The van der Waals surface area contributed by atoms with E-state index in [2.05, 4.69) is 32.7 Å². The summed E-state index contributed by atoms with van der Waals surface area (Å²) in [6.45, 7) is 0.652. The lowest BCUT2D eigenvalue weighted by Gasteiger charge is -2.23. The number of rotatable bonds is 4. The number of quaternary nitrogens is 2. The maximum Gasteiger partial charge on any atom is 0.469 e. The van der Waals surface area contributed by atoms with Gasteiger partial charge in [0.1, 0.15) is 13.2 Å². The molecule has 0 fully saturated rings. The largest absolute Gasteiger partial charge is 0.469 e. The van der Waals surface area contributed by atoms with E-state index in [1.54, 1.807) is 0 Å². The van der Waals surface area contributed by atoms with Gasteiger partial charge in [0.25, 0.3) is 0 Å². The van der Waals surface area contributed by atoms with E-state index in [9.17, 15) is 4.57 Å². The van der Waals surface area contributed by atoms with Crippen LogP contribution in [-0.4, -0.2) is 81.2 Å². The molecule has 0 aromatic heterocycles. The van der Waals surface area contributed by atoms with Crippen molar-refractivity contribution in [2.24, 2.45) is 0 Å². The van der Waals surface area contributed by atoms with E-state index in [0.717, 1.165) is 4.48 Å². The molecule has 0 aliphatic carbocycles. The molecule has 16 heavy (non-hydrogen) atoms. The summed E-state index contributed by atoms with van der Waals surface area (Å²) in [7, 11) is 10.00. The van der Waals surface area contributed by atoms with Crippen molar-refractivity contribution in [1.29, 1.82) is 0 Å². The summed E-state index contributed by atoms with van der Waals surface area (Å²) in [6.07, 6.45) is 0. The van der Waals surface area contributed by atoms with Gasteiger partial charge in [0, 0.05) is 0 Å². The molecule has 0 amide bonds. The Bertz CT molecular complexity index is 221. The highest BCUT2D eigenvalue weighted by molar-refractivity contribution is 7.46. The number of likely N-dealkylation sites (N-methyl/N-ethyl adjacent to an activating group) is 1. The molecule has 0 aromatic rings. The molecule has 0 bridgehead atoms. The number of phosphoric acid groups is 1. The quantitative estimate of drug-likeness (QED) is 0.555. The Hall–Kier alpha value is 0.0300. The maximum atomic E-state index is 10.2. The molecule has 6 nitrogen and oxygen atoms in total. The molecule has 0 heterocycles. The van der Waals surface area contributed by atoms with Crippen molar-refractivity contribution in [1.82, 2.24) is 0 Å². The summed E-state index contributed by atoms with van der Waals surface area (Å²) in [4.78, 5) is 16.6. The highest BCUT2D eigenvalue weighted by Crippen LogP contribution is 2.35. The van der Waals surface area contributed by atoms with Crippen LogP contribution in [0.1, 0.15) is 0 Å². The van der Waals surface area contributed by atoms with E-state index in [4.69, 9.17) is 9.79 Å². The molecule has 0 aliphatic rings. The van der Waals surface area contributed by atoms with Crippen molar-refractivity contribution < 1.29 is 27.8 Å². The average Bonchev–Trinajstić information content (AvgIpc) is 1.74. The molecule has 0 saturated heterocycles. The Morgan fingerprint density at radius 1 is 1.00 bits per heavy atom. The van der Waals surface area contributed by atoms with Crippen LogP contribution in [0.5, 0.6) is 0 Å². The summed E-state index contributed by atoms with van der Waals surface area (Å²) in [5.41, 5.74) is 0. The second-order valence-corrected chi connectivity index (χ2v) is 7.26. The Morgan fingerprint density at radius 3 is 1.50 bits per heavy atom. The van der Waals surface area contributed by atoms with Crippen molar-refractivity contribution in [2.75, 3.05) is 62.5 Å². The monoisotopic (exact) mass is 258 g/mol. The van der Waals surface area contributed by atoms with Crippen LogP contribution in [0.25, 0.3) is 0 Å². The molecule has 0 spiro atoms. The summed E-state index contributed by atoms with van der Waals surface area (Å²) in [5.74, 6) is 0. The highest BCUT2D eigenvalue weighted by atomic mass is 31.2. The lowest BCUT2D eigenvalue weighted by molar-refractivity contribution is -0.870. The molecule has 0 aliphatic heterocycles. The fourth-order valence-corrected chi connectivity index (χ4v) is 0.753. The second kappa shape index (κ2) is 6.69. The molecule has 0 aromatic carbocycles. The van der Waals surface area contributed by atoms with Gasteiger partial charge >= 0.3 is 7.82 Å².